The van der Waals surface area contributed by atoms with Gasteiger partial charge in [-0.1, -0.05) is 6.42 Å². The molecule has 18 heavy (non-hydrogen) atoms. The number of aromatic amines is 1. The summed E-state index contributed by atoms with van der Waals surface area (Å²) in [5.41, 5.74) is 0.565. The molecule has 2 heterocycles. The first-order chi connectivity index (χ1) is 8.68. The maximum Gasteiger partial charge on any atom is 0.282 e. The molecule has 2 aromatic rings. The Morgan fingerprint density at radius 1 is 1.39 bits per heavy atom. The van der Waals surface area contributed by atoms with E-state index in [-0.39, 0.29) is 17.4 Å². The summed E-state index contributed by atoms with van der Waals surface area (Å²) in [7, 11) is 0. The van der Waals surface area contributed by atoms with Gasteiger partial charge in [0.15, 0.2) is 16.9 Å². The van der Waals surface area contributed by atoms with Gasteiger partial charge < -0.3 is 4.98 Å². The minimum Gasteiger partial charge on any atom is -0.329 e. The van der Waals surface area contributed by atoms with Crippen LogP contribution in [0.25, 0.3) is 11.2 Å². The van der Waals surface area contributed by atoms with Gasteiger partial charge >= 0.3 is 0 Å². The first-order valence-electron chi connectivity index (χ1n) is 6.13. The molecule has 94 valence electrons. The van der Waals surface area contributed by atoms with Crippen LogP contribution in [0.5, 0.6) is 0 Å². The third kappa shape index (κ3) is 1.56. The van der Waals surface area contributed by atoms with Crippen LogP contribution < -0.4 is 5.56 Å². The van der Waals surface area contributed by atoms with Crippen LogP contribution >= 0.6 is 0 Å². The highest BCUT2D eigenvalue weighted by Gasteiger charge is 2.27. The Balaban J connectivity index is 2.21. The molecule has 0 bridgehead atoms. The fourth-order valence-corrected chi connectivity index (χ4v) is 2.61. The highest BCUT2D eigenvalue weighted by Crippen LogP contribution is 2.25. The van der Waals surface area contributed by atoms with Crippen molar-refractivity contribution in [3.05, 3.63) is 22.5 Å². The van der Waals surface area contributed by atoms with Crippen LogP contribution in [0.4, 0.5) is 0 Å². The number of carbonyl (C=O) groups is 1. The fourth-order valence-electron chi connectivity index (χ4n) is 2.61. The molecule has 0 amide bonds. The molecule has 0 radical (unpaired) electrons. The number of Topliss-reactive ketones (excluding diaryl/α,β-unsaturated/α-hetero) is 1. The van der Waals surface area contributed by atoms with Gasteiger partial charge in [-0.05, 0) is 19.8 Å². The highest BCUT2D eigenvalue weighted by molar-refractivity contribution is 5.83. The van der Waals surface area contributed by atoms with E-state index >= 15 is 0 Å². The minimum absolute atomic E-state index is 0.128. The molecule has 6 nitrogen and oxygen atoms in total. The van der Waals surface area contributed by atoms with Crippen LogP contribution in [0, 0.1) is 6.92 Å². The SMILES string of the molecule is Cc1nc2[nH]cnc2c(=O)n1C1CCCCC1=O. The lowest BCUT2D eigenvalue weighted by molar-refractivity contribution is -0.123. The van der Waals surface area contributed by atoms with Gasteiger partial charge in [-0.25, -0.2) is 9.97 Å². The Hall–Kier alpha value is -1.98. The second kappa shape index (κ2) is 4.04. The van der Waals surface area contributed by atoms with Crippen LogP contribution in [0.3, 0.4) is 0 Å². The second-order valence-electron chi connectivity index (χ2n) is 4.66. The molecule has 0 saturated heterocycles. The van der Waals surface area contributed by atoms with Gasteiger partial charge in [0.2, 0.25) is 0 Å². The van der Waals surface area contributed by atoms with Gasteiger partial charge in [-0.2, -0.15) is 0 Å². The second-order valence-corrected chi connectivity index (χ2v) is 4.66. The van der Waals surface area contributed by atoms with E-state index in [1.165, 1.54) is 10.9 Å². The molecule has 1 aliphatic carbocycles. The van der Waals surface area contributed by atoms with E-state index in [0.29, 0.717) is 23.4 Å². The lowest BCUT2D eigenvalue weighted by Crippen LogP contribution is -2.34. The zero-order valence-corrected chi connectivity index (χ0v) is 10.1. The minimum atomic E-state index is -0.361. The molecule has 6 heteroatoms. The molecule has 0 aliphatic heterocycles. The number of hydrogen-bond donors (Lipinski definition) is 1. The maximum atomic E-state index is 12.3. The molecule has 1 fully saturated rings. The smallest absolute Gasteiger partial charge is 0.282 e. The fraction of sp³-hybridized carbons (Fsp3) is 0.500. The number of hydrogen-bond acceptors (Lipinski definition) is 4. The maximum absolute atomic E-state index is 12.3. The summed E-state index contributed by atoms with van der Waals surface area (Å²) in [6.45, 7) is 1.75. The molecule has 1 unspecified atom stereocenters. The van der Waals surface area contributed by atoms with Crippen molar-refractivity contribution in [3.8, 4) is 0 Å². The molecular weight excluding hydrogens is 232 g/mol. The van der Waals surface area contributed by atoms with Crippen molar-refractivity contribution in [2.45, 2.75) is 38.6 Å². The number of ketones is 1. The van der Waals surface area contributed by atoms with Crippen molar-refractivity contribution >= 4 is 16.9 Å². The number of imidazole rings is 1. The molecule has 1 saturated carbocycles. The number of fused-ring (bicyclic) bond motifs is 1. The molecule has 1 N–H and O–H groups in total. The summed E-state index contributed by atoms with van der Waals surface area (Å²) >= 11 is 0. The third-order valence-electron chi connectivity index (χ3n) is 3.50. The zero-order valence-electron chi connectivity index (χ0n) is 10.1. The number of nitrogens with zero attached hydrogens (tertiary/aromatic N) is 3. The number of nitrogens with one attached hydrogen (secondary N) is 1. The van der Waals surface area contributed by atoms with E-state index in [0.717, 1.165) is 19.3 Å². The van der Waals surface area contributed by atoms with Gasteiger partial charge in [-0.3, -0.25) is 14.2 Å². The largest absolute Gasteiger partial charge is 0.329 e. The van der Waals surface area contributed by atoms with Gasteiger partial charge in [0.25, 0.3) is 5.56 Å². The van der Waals surface area contributed by atoms with Crippen LogP contribution in [0.2, 0.25) is 0 Å². The number of aryl methyl sites for hydroxylation is 1. The van der Waals surface area contributed by atoms with Crippen molar-refractivity contribution < 1.29 is 4.79 Å². The first-order valence-corrected chi connectivity index (χ1v) is 6.13. The predicted octanol–water partition coefficient (Wildman–Crippen LogP) is 1.11. The number of H-pyrrole nitrogens is 1. The normalized spacial score (nSPS) is 20.5. The summed E-state index contributed by atoms with van der Waals surface area (Å²) in [6, 6.07) is -0.361. The monoisotopic (exact) mass is 246 g/mol. The van der Waals surface area contributed by atoms with Gasteiger partial charge in [0, 0.05) is 6.42 Å². The number of rotatable bonds is 1. The van der Waals surface area contributed by atoms with Gasteiger partial charge in [0.05, 0.1) is 12.4 Å². The van der Waals surface area contributed by atoms with E-state index in [4.69, 9.17) is 0 Å². The Morgan fingerprint density at radius 2 is 2.22 bits per heavy atom. The van der Waals surface area contributed by atoms with Crippen molar-refractivity contribution in [3.63, 3.8) is 0 Å². The Labute approximate surface area is 103 Å². The molecule has 0 aromatic carbocycles. The van der Waals surface area contributed by atoms with Gasteiger partial charge in [-0.15, -0.1) is 0 Å². The summed E-state index contributed by atoms with van der Waals surface area (Å²) < 4.78 is 1.50. The molecular formula is C12H14N4O2. The quantitative estimate of drug-likeness (QED) is 0.817. The van der Waals surface area contributed by atoms with Crippen molar-refractivity contribution in [1.29, 1.82) is 0 Å². The standard InChI is InChI=1S/C12H14N4O2/c1-7-15-11-10(13-6-14-11)12(18)16(7)8-4-2-3-5-9(8)17/h6,8H,2-5H2,1H3,(H,13,14). The average molecular weight is 246 g/mol. The van der Waals surface area contributed by atoms with E-state index < -0.39 is 0 Å². The van der Waals surface area contributed by atoms with Crippen LogP contribution in [-0.2, 0) is 4.79 Å². The van der Waals surface area contributed by atoms with Crippen LogP contribution in [0.15, 0.2) is 11.1 Å². The summed E-state index contributed by atoms with van der Waals surface area (Å²) in [5, 5.41) is 0. The topological polar surface area (TPSA) is 80.6 Å². The van der Waals surface area contributed by atoms with E-state index in [1.54, 1.807) is 6.92 Å². The molecule has 1 aliphatic rings. The summed E-state index contributed by atoms with van der Waals surface area (Å²) in [5.74, 6) is 0.695. The van der Waals surface area contributed by atoms with Crippen molar-refractivity contribution in [2.75, 3.05) is 0 Å². The number of carbonyl (C=O) groups excluding carboxylic acids is 1. The predicted molar refractivity (Wildman–Crippen MR) is 65.4 cm³/mol. The highest BCUT2D eigenvalue weighted by atomic mass is 16.1. The lowest BCUT2D eigenvalue weighted by Gasteiger charge is -2.23. The third-order valence-corrected chi connectivity index (χ3v) is 3.50. The lowest BCUT2D eigenvalue weighted by atomic mass is 9.94. The van der Waals surface area contributed by atoms with Crippen LogP contribution in [0.1, 0.15) is 37.5 Å². The zero-order chi connectivity index (χ0) is 12.7. The number of aromatic nitrogens is 4. The first kappa shape index (κ1) is 11.1. The molecule has 1 atom stereocenters. The van der Waals surface area contributed by atoms with Gasteiger partial charge in [0.1, 0.15) is 5.82 Å². The van der Waals surface area contributed by atoms with Crippen molar-refractivity contribution in [2.24, 2.45) is 0 Å². The van der Waals surface area contributed by atoms with E-state index in [2.05, 4.69) is 15.0 Å². The molecule has 3 rings (SSSR count). The Bertz CT molecular complexity index is 670. The Kier molecular flexibility index (Phi) is 2.50. The van der Waals surface area contributed by atoms with E-state index in [9.17, 15) is 9.59 Å². The Morgan fingerprint density at radius 3 is 3.00 bits per heavy atom. The van der Waals surface area contributed by atoms with Crippen molar-refractivity contribution in [1.82, 2.24) is 19.5 Å². The summed E-state index contributed by atoms with van der Waals surface area (Å²) in [4.78, 5) is 35.4. The van der Waals surface area contributed by atoms with Crippen LogP contribution in [-0.4, -0.2) is 25.3 Å². The average Bonchev–Trinajstić information content (AvgIpc) is 2.79. The molecule has 2 aromatic heterocycles. The van der Waals surface area contributed by atoms with E-state index in [1.807, 2.05) is 0 Å². The summed E-state index contributed by atoms with van der Waals surface area (Å²) in [6.07, 6.45) is 4.61. The molecule has 0 spiro atoms.